The number of hydrogen-bond donors (Lipinski definition) is 1. The normalized spacial score (nSPS) is 16.1. The second-order valence-corrected chi connectivity index (χ2v) is 4.33. The Bertz CT molecular complexity index is 115. The van der Waals surface area contributed by atoms with E-state index in [-0.39, 0.29) is 5.94 Å². The molecule has 2 heteroatoms. The van der Waals surface area contributed by atoms with Gasteiger partial charge in [-0.2, -0.15) is 0 Å². The first-order valence-electron chi connectivity index (χ1n) is 5.59. The van der Waals surface area contributed by atoms with Gasteiger partial charge in [-0.1, -0.05) is 40.0 Å². The van der Waals surface area contributed by atoms with Crippen LogP contribution in [-0.4, -0.2) is 19.8 Å². The molecule has 1 nitrogen and oxygen atoms in total. The van der Waals surface area contributed by atoms with E-state index in [0.29, 0.717) is 12.0 Å². The largest absolute Gasteiger partial charge is 0.320 e. The lowest BCUT2D eigenvalue weighted by molar-refractivity contribution is 0.419. The summed E-state index contributed by atoms with van der Waals surface area (Å²) in [6.07, 6.45) is 5.19. The molecule has 76 valence electrons. The Morgan fingerprint density at radius 3 is 2.23 bits per heavy atom. The maximum Gasteiger partial charge on any atom is 0.0910 e. The van der Waals surface area contributed by atoms with Gasteiger partial charge in [0, 0.05) is 6.04 Å². The van der Waals surface area contributed by atoms with Crippen molar-refractivity contribution < 1.29 is 0 Å². The zero-order valence-electron chi connectivity index (χ0n) is 9.64. The molecule has 0 spiro atoms. The van der Waals surface area contributed by atoms with Gasteiger partial charge in [-0.05, 0) is 25.2 Å². The molecule has 0 aliphatic heterocycles. The smallest absolute Gasteiger partial charge is 0.0910 e. The highest BCUT2D eigenvalue weighted by molar-refractivity contribution is 6.11. The monoisotopic (exact) mass is 181 g/mol. The van der Waals surface area contributed by atoms with Gasteiger partial charge in [-0.3, -0.25) is 0 Å². The van der Waals surface area contributed by atoms with Crippen molar-refractivity contribution in [1.82, 2.24) is 5.32 Å². The molecule has 0 aromatic carbocycles. The van der Waals surface area contributed by atoms with Gasteiger partial charge in [0.25, 0.3) is 0 Å². The topological polar surface area (TPSA) is 12.0 Å². The van der Waals surface area contributed by atoms with E-state index in [1.165, 1.54) is 25.7 Å². The second kappa shape index (κ2) is 7.43. The SMILES string of the molecule is [B]C(N[C@@H](C)CCCCC)C(C)C. The van der Waals surface area contributed by atoms with Gasteiger partial charge in [0.15, 0.2) is 0 Å². The van der Waals surface area contributed by atoms with E-state index < -0.39 is 0 Å². The van der Waals surface area contributed by atoms with Crippen LogP contribution >= 0.6 is 0 Å². The highest BCUT2D eigenvalue weighted by Crippen LogP contribution is 2.05. The van der Waals surface area contributed by atoms with Crippen molar-refractivity contribution in [3.63, 3.8) is 0 Å². The van der Waals surface area contributed by atoms with Crippen molar-refractivity contribution in [3.05, 3.63) is 0 Å². The molecule has 0 bridgehead atoms. The highest BCUT2D eigenvalue weighted by atomic mass is 14.9. The predicted octanol–water partition coefficient (Wildman–Crippen LogP) is 2.70. The summed E-state index contributed by atoms with van der Waals surface area (Å²) in [4.78, 5) is 0. The number of nitrogens with one attached hydrogen (secondary N) is 1. The van der Waals surface area contributed by atoms with Crippen LogP contribution in [0.3, 0.4) is 0 Å². The van der Waals surface area contributed by atoms with Crippen LogP contribution in [-0.2, 0) is 0 Å². The lowest BCUT2D eigenvalue weighted by atomic mass is 9.85. The Morgan fingerprint density at radius 2 is 1.77 bits per heavy atom. The number of unbranched alkanes of at least 4 members (excludes halogenated alkanes) is 2. The minimum atomic E-state index is 0.150. The molecule has 0 aromatic heterocycles. The molecule has 0 aromatic rings. The Hall–Kier alpha value is 0.0249. The van der Waals surface area contributed by atoms with E-state index in [4.69, 9.17) is 7.85 Å². The minimum absolute atomic E-state index is 0.150. The number of rotatable bonds is 7. The van der Waals surface area contributed by atoms with Crippen LogP contribution < -0.4 is 5.32 Å². The van der Waals surface area contributed by atoms with Crippen molar-refractivity contribution in [2.45, 2.75) is 65.4 Å². The van der Waals surface area contributed by atoms with Gasteiger partial charge in [-0.25, -0.2) is 0 Å². The molecule has 0 heterocycles. The summed E-state index contributed by atoms with van der Waals surface area (Å²) >= 11 is 0. The predicted molar refractivity (Wildman–Crippen MR) is 61.1 cm³/mol. The molecule has 0 amide bonds. The molecule has 0 fully saturated rings. The van der Waals surface area contributed by atoms with Gasteiger partial charge in [0.05, 0.1) is 7.85 Å². The van der Waals surface area contributed by atoms with Crippen molar-refractivity contribution in [1.29, 1.82) is 0 Å². The van der Waals surface area contributed by atoms with Crippen LogP contribution in [0.4, 0.5) is 0 Å². The van der Waals surface area contributed by atoms with Crippen molar-refractivity contribution in [2.24, 2.45) is 5.92 Å². The molecule has 0 saturated carbocycles. The molecule has 2 radical (unpaired) electrons. The fourth-order valence-electron chi connectivity index (χ4n) is 1.30. The Balaban J connectivity index is 3.43. The van der Waals surface area contributed by atoms with Crippen LogP contribution in [0.1, 0.15) is 53.4 Å². The summed E-state index contributed by atoms with van der Waals surface area (Å²) in [6.45, 7) is 8.75. The van der Waals surface area contributed by atoms with Crippen molar-refractivity contribution in [3.8, 4) is 0 Å². The lowest BCUT2D eigenvalue weighted by Gasteiger charge is -2.23. The molecule has 0 aliphatic rings. The fourth-order valence-corrected chi connectivity index (χ4v) is 1.30. The molecule has 1 N–H and O–H groups in total. The zero-order chi connectivity index (χ0) is 10.3. The van der Waals surface area contributed by atoms with Crippen molar-refractivity contribution in [2.75, 3.05) is 0 Å². The molecule has 0 rings (SSSR count). The van der Waals surface area contributed by atoms with Gasteiger partial charge >= 0.3 is 0 Å². The molecular weight excluding hydrogens is 157 g/mol. The summed E-state index contributed by atoms with van der Waals surface area (Å²) in [6, 6.07) is 0.559. The van der Waals surface area contributed by atoms with Gasteiger partial charge in [0.2, 0.25) is 0 Å². The minimum Gasteiger partial charge on any atom is -0.320 e. The third kappa shape index (κ3) is 7.12. The van der Waals surface area contributed by atoms with E-state index in [2.05, 4.69) is 33.0 Å². The third-order valence-corrected chi connectivity index (χ3v) is 2.44. The van der Waals surface area contributed by atoms with Crippen LogP contribution in [0.2, 0.25) is 0 Å². The van der Waals surface area contributed by atoms with E-state index in [0.717, 1.165) is 0 Å². The Labute approximate surface area is 85.1 Å². The van der Waals surface area contributed by atoms with Crippen molar-refractivity contribution >= 4 is 7.85 Å². The first kappa shape index (κ1) is 13.0. The second-order valence-electron chi connectivity index (χ2n) is 4.33. The summed E-state index contributed by atoms with van der Waals surface area (Å²) in [7, 11) is 5.91. The molecule has 2 atom stereocenters. The quantitative estimate of drug-likeness (QED) is 0.470. The van der Waals surface area contributed by atoms with Crippen LogP contribution in [0.25, 0.3) is 0 Å². The molecule has 1 unspecified atom stereocenters. The van der Waals surface area contributed by atoms with Gasteiger partial charge < -0.3 is 5.32 Å². The van der Waals surface area contributed by atoms with E-state index in [9.17, 15) is 0 Å². The van der Waals surface area contributed by atoms with Gasteiger partial charge in [0.1, 0.15) is 0 Å². The zero-order valence-corrected chi connectivity index (χ0v) is 9.64. The van der Waals surface area contributed by atoms with Crippen LogP contribution in [0.15, 0.2) is 0 Å². The summed E-state index contributed by atoms with van der Waals surface area (Å²) < 4.78 is 0. The summed E-state index contributed by atoms with van der Waals surface area (Å²) in [5.74, 6) is 0.672. The standard InChI is InChI=1S/C11H24BN/c1-5-6-7-8-10(4)13-11(12)9(2)3/h9-11,13H,5-8H2,1-4H3/t10-,11?/m0/s1. The van der Waals surface area contributed by atoms with E-state index in [1.54, 1.807) is 0 Å². The third-order valence-electron chi connectivity index (χ3n) is 2.44. The summed E-state index contributed by atoms with van der Waals surface area (Å²) in [5.41, 5.74) is 0. The first-order chi connectivity index (χ1) is 6.07. The van der Waals surface area contributed by atoms with E-state index in [1.807, 2.05) is 0 Å². The molecule has 0 saturated heterocycles. The van der Waals surface area contributed by atoms with Gasteiger partial charge in [-0.15, -0.1) is 0 Å². The maximum absolute atomic E-state index is 5.91. The first-order valence-corrected chi connectivity index (χ1v) is 5.59. The average molecular weight is 181 g/mol. The fraction of sp³-hybridized carbons (Fsp3) is 1.00. The Kier molecular flexibility index (Phi) is 7.45. The van der Waals surface area contributed by atoms with Crippen LogP contribution in [0.5, 0.6) is 0 Å². The van der Waals surface area contributed by atoms with E-state index >= 15 is 0 Å². The highest BCUT2D eigenvalue weighted by Gasteiger charge is 2.09. The maximum atomic E-state index is 5.91. The molecule has 13 heavy (non-hydrogen) atoms. The molecule has 0 aliphatic carbocycles. The van der Waals surface area contributed by atoms with Crippen LogP contribution in [0, 0.1) is 5.92 Å². The summed E-state index contributed by atoms with van der Waals surface area (Å²) in [5, 5.41) is 3.42. The molecular formula is C11H24BN. The number of hydrogen-bond acceptors (Lipinski definition) is 1. The average Bonchev–Trinajstić information content (AvgIpc) is 2.04. The Morgan fingerprint density at radius 1 is 1.15 bits per heavy atom. The lowest BCUT2D eigenvalue weighted by Crippen LogP contribution is -2.40.